The maximum Gasteiger partial charge on any atom is 0.410 e. The molecular weight excluding hydrogens is 278 g/mol. The average Bonchev–Trinajstić information content (AvgIpc) is 2.58. The van der Waals surface area contributed by atoms with Gasteiger partial charge in [-0.3, -0.25) is 0 Å². The zero-order valence-corrected chi connectivity index (χ0v) is 13.2. The van der Waals surface area contributed by atoms with Crippen molar-refractivity contribution in [1.29, 1.82) is 0 Å². The van der Waals surface area contributed by atoms with Crippen LogP contribution >= 0.6 is 0 Å². The molecule has 0 aliphatic carbocycles. The number of benzene rings is 1. The Labute approximate surface area is 133 Å². The van der Waals surface area contributed by atoms with Gasteiger partial charge in [0.05, 0.1) is 0 Å². The minimum Gasteiger partial charge on any atom is -0.445 e. The van der Waals surface area contributed by atoms with Gasteiger partial charge in [-0.15, -0.1) is 0 Å². The Morgan fingerprint density at radius 3 is 2.82 bits per heavy atom. The van der Waals surface area contributed by atoms with Crippen LogP contribution in [0.3, 0.4) is 0 Å². The standard InChI is InChI=1S/C18H27NO3/c20-13-6-2-5-8-16-11-7-12-19(14-16)18(21)22-15-17-9-3-1-4-10-17/h1,3-4,9-10,16,20H,2,5-8,11-15H2. The fourth-order valence-electron chi connectivity index (χ4n) is 3.00. The van der Waals surface area contributed by atoms with Crippen molar-refractivity contribution < 1.29 is 14.6 Å². The highest BCUT2D eigenvalue weighted by atomic mass is 16.6. The van der Waals surface area contributed by atoms with Gasteiger partial charge in [-0.25, -0.2) is 4.79 Å². The van der Waals surface area contributed by atoms with E-state index < -0.39 is 0 Å². The molecule has 1 N–H and O–H groups in total. The molecular formula is C18H27NO3. The number of amides is 1. The Hall–Kier alpha value is -1.55. The van der Waals surface area contributed by atoms with Crippen LogP contribution in [0.4, 0.5) is 4.79 Å². The number of carbonyl (C=O) groups excluding carboxylic acids is 1. The van der Waals surface area contributed by atoms with E-state index >= 15 is 0 Å². The SMILES string of the molecule is O=C(OCc1ccccc1)N1CCCC(CCCCCO)C1. The molecule has 1 fully saturated rings. The Bertz CT molecular complexity index is 435. The number of piperidine rings is 1. The van der Waals surface area contributed by atoms with Gasteiger partial charge in [-0.2, -0.15) is 0 Å². The first kappa shape index (κ1) is 16.8. The van der Waals surface area contributed by atoms with Crippen LogP contribution in [-0.4, -0.2) is 35.8 Å². The summed E-state index contributed by atoms with van der Waals surface area (Å²) < 4.78 is 5.41. The molecule has 0 saturated carbocycles. The molecule has 1 heterocycles. The maximum absolute atomic E-state index is 12.2. The molecule has 1 aromatic rings. The van der Waals surface area contributed by atoms with Crippen LogP contribution in [0, 0.1) is 5.92 Å². The van der Waals surface area contributed by atoms with Gasteiger partial charge >= 0.3 is 6.09 Å². The van der Waals surface area contributed by atoms with Gasteiger partial charge in [-0.1, -0.05) is 43.2 Å². The predicted octanol–water partition coefficient (Wildman–Crippen LogP) is 3.59. The van der Waals surface area contributed by atoms with Crippen molar-refractivity contribution in [3.8, 4) is 0 Å². The number of ether oxygens (including phenoxy) is 1. The van der Waals surface area contributed by atoms with Gasteiger partial charge in [0, 0.05) is 19.7 Å². The number of hydrogen-bond acceptors (Lipinski definition) is 3. The number of aliphatic hydroxyl groups excluding tert-OH is 1. The van der Waals surface area contributed by atoms with Gasteiger partial charge in [0.1, 0.15) is 6.61 Å². The predicted molar refractivity (Wildman–Crippen MR) is 86.5 cm³/mol. The number of likely N-dealkylation sites (tertiary alicyclic amines) is 1. The summed E-state index contributed by atoms with van der Waals surface area (Å²) in [5.41, 5.74) is 1.02. The van der Waals surface area contributed by atoms with Crippen molar-refractivity contribution >= 4 is 6.09 Å². The Kier molecular flexibility index (Phi) is 7.23. The first-order chi connectivity index (χ1) is 10.8. The summed E-state index contributed by atoms with van der Waals surface area (Å²) in [4.78, 5) is 14.0. The number of hydrogen-bond donors (Lipinski definition) is 1. The average molecular weight is 305 g/mol. The fraction of sp³-hybridized carbons (Fsp3) is 0.611. The molecule has 1 aliphatic heterocycles. The second-order valence-corrected chi connectivity index (χ2v) is 6.07. The summed E-state index contributed by atoms with van der Waals surface area (Å²) >= 11 is 0. The molecule has 1 saturated heterocycles. The minimum atomic E-state index is -0.191. The second kappa shape index (κ2) is 9.46. The van der Waals surface area contributed by atoms with Crippen LogP contribution in [0.5, 0.6) is 0 Å². The van der Waals surface area contributed by atoms with Crippen LogP contribution in [0.2, 0.25) is 0 Å². The first-order valence-electron chi connectivity index (χ1n) is 8.36. The summed E-state index contributed by atoms with van der Waals surface area (Å²) in [6.07, 6.45) is 6.30. The minimum absolute atomic E-state index is 0.191. The fourth-order valence-corrected chi connectivity index (χ4v) is 3.00. The van der Waals surface area contributed by atoms with Crippen LogP contribution in [0.15, 0.2) is 30.3 Å². The number of rotatable bonds is 7. The number of nitrogens with zero attached hydrogens (tertiary/aromatic N) is 1. The quantitative estimate of drug-likeness (QED) is 0.783. The highest BCUT2D eigenvalue weighted by Gasteiger charge is 2.24. The highest BCUT2D eigenvalue weighted by molar-refractivity contribution is 5.67. The lowest BCUT2D eigenvalue weighted by molar-refractivity contribution is 0.0776. The smallest absolute Gasteiger partial charge is 0.410 e. The van der Waals surface area contributed by atoms with Crippen molar-refractivity contribution in [2.24, 2.45) is 5.92 Å². The summed E-state index contributed by atoms with van der Waals surface area (Å²) in [6.45, 7) is 2.24. The molecule has 1 unspecified atom stereocenters. The van der Waals surface area contributed by atoms with E-state index in [9.17, 15) is 4.79 Å². The van der Waals surface area contributed by atoms with Crippen molar-refractivity contribution in [2.75, 3.05) is 19.7 Å². The molecule has 122 valence electrons. The molecule has 1 amide bonds. The molecule has 1 aromatic carbocycles. The van der Waals surface area contributed by atoms with Crippen molar-refractivity contribution in [3.63, 3.8) is 0 Å². The Morgan fingerprint density at radius 1 is 1.23 bits per heavy atom. The third kappa shape index (κ3) is 5.68. The molecule has 1 aliphatic rings. The summed E-state index contributed by atoms with van der Waals surface area (Å²) in [6, 6.07) is 9.79. The normalized spacial score (nSPS) is 18.2. The Morgan fingerprint density at radius 2 is 2.05 bits per heavy atom. The molecule has 4 nitrogen and oxygen atoms in total. The number of aliphatic hydroxyl groups is 1. The van der Waals surface area contributed by atoms with Gasteiger partial charge in [0.25, 0.3) is 0 Å². The molecule has 0 radical (unpaired) electrons. The van der Waals surface area contributed by atoms with Crippen LogP contribution in [0.25, 0.3) is 0 Å². The lowest BCUT2D eigenvalue weighted by atomic mass is 9.93. The van der Waals surface area contributed by atoms with E-state index in [1.165, 1.54) is 6.42 Å². The van der Waals surface area contributed by atoms with Gasteiger partial charge < -0.3 is 14.7 Å². The first-order valence-corrected chi connectivity index (χ1v) is 8.36. The highest BCUT2D eigenvalue weighted by Crippen LogP contribution is 2.22. The second-order valence-electron chi connectivity index (χ2n) is 6.07. The molecule has 0 spiro atoms. The molecule has 22 heavy (non-hydrogen) atoms. The number of carbonyl (C=O) groups is 1. The molecule has 4 heteroatoms. The van der Waals surface area contributed by atoms with Crippen molar-refractivity contribution in [2.45, 2.75) is 45.1 Å². The Balaban J connectivity index is 1.70. The van der Waals surface area contributed by atoms with E-state index in [-0.39, 0.29) is 12.7 Å². The van der Waals surface area contributed by atoms with E-state index in [1.54, 1.807) is 0 Å². The summed E-state index contributed by atoms with van der Waals surface area (Å²) in [7, 11) is 0. The van der Waals surface area contributed by atoms with E-state index in [1.807, 2.05) is 35.2 Å². The molecule has 0 bridgehead atoms. The third-order valence-electron chi connectivity index (χ3n) is 4.25. The summed E-state index contributed by atoms with van der Waals surface area (Å²) in [5, 5.41) is 8.80. The lowest BCUT2D eigenvalue weighted by Crippen LogP contribution is -2.40. The molecule has 2 rings (SSSR count). The monoisotopic (exact) mass is 305 g/mol. The molecule has 0 aromatic heterocycles. The summed E-state index contributed by atoms with van der Waals surface area (Å²) in [5.74, 6) is 0.580. The van der Waals surface area contributed by atoms with Gasteiger partial charge in [0.2, 0.25) is 0 Å². The zero-order valence-electron chi connectivity index (χ0n) is 13.2. The lowest BCUT2D eigenvalue weighted by Gasteiger charge is -2.32. The molecule has 1 atom stereocenters. The van der Waals surface area contributed by atoms with Gasteiger partial charge in [0.15, 0.2) is 0 Å². The van der Waals surface area contributed by atoms with Crippen molar-refractivity contribution in [1.82, 2.24) is 4.90 Å². The number of unbranched alkanes of at least 4 members (excludes halogenated alkanes) is 2. The zero-order chi connectivity index (χ0) is 15.6. The third-order valence-corrected chi connectivity index (χ3v) is 4.25. The maximum atomic E-state index is 12.2. The van der Waals surface area contributed by atoms with E-state index in [2.05, 4.69) is 0 Å². The topological polar surface area (TPSA) is 49.8 Å². The van der Waals surface area contributed by atoms with Crippen molar-refractivity contribution in [3.05, 3.63) is 35.9 Å². The van der Waals surface area contributed by atoms with Crippen LogP contribution < -0.4 is 0 Å². The largest absolute Gasteiger partial charge is 0.445 e. The van der Waals surface area contributed by atoms with E-state index in [0.717, 1.165) is 50.8 Å². The van der Waals surface area contributed by atoms with Gasteiger partial charge in [-0.05, 0) is 37.2 Å². The van der Waals surface area contributed by atoms with E-state index in [4.69, 9.17) is 9.84 Å². The van der Waals surface area contributed by atoms with Crippen LogP contribution in [-0.2, 0) is 11.3 Å². The van der Waals surface area contributed by atoms with Crippen LogP contribution in [0.1, 0.15) is 44.1 Å². The van der Waals surface area contributed by atoms with E-state index in [0.29, 0.717) is 12.5 Å².